The van der Waals surface area contributed by atoms with Crippen LogP contribution in [-0.2, 0) is 11.2 Å². The van der Waals surface area contributed by atoms with Gasteiger partial charge in [-0.3, -0.25) is 4.79 Å². The van der Waals surface area contributed by atoms with Crippen LogP contribution in [0.25, 0.3) is 0 Å². The fraction of sp³-hybridized carbons (Fsp3) is 0.500. The Bertz CT molecular complexity index is 350. The number of aryl methyl sites for hydroxylation is 1. The maximum absolute atomic E-state index is 10.3. The third kappa shape index (κ3) is 6.43. The minimum absolute atomic E-state index is 0.314. The Morgan fingerprint density at radius 1 is 1.06 bits per heavy atom. The third-order valence-corrected chi connectivity index (χ3v) is 3.46. The molecular formula is C14H21O2P. The smallest absolute Gasteiger partial charge is 0.303 e. The Morgan fingerprint density at radius 3 is 2.41 bits per heavy atom. The molecule has 17 heavy (non-hydrogen) atoms. The molecule has 0 spiro atoms. The van der Waals surface area contributed by atoms with E-state index in [-0.39, 0.29) is 0 Å². The summed E-state index contributed by atoms with van der Waals surface area (Å²) in [4.78, 5) is 10.3. The Labute approximate surface area is 106 Å². The van der Waals surface area contributed by atoms with Crippen LogP contribution in [0, 0.1) is 0 Å². The average molecular weight is 252 g/mol. The lowest BCUT2D eigenvalue weighted by molar-refractivity contribution is -0.137. The van der Waals surface area contributed by atoms with Gasteiger partial charge in [0.05, 0.1) is 0 Å². The van der Waals surface area contributed by atoms with Crippen molar-refractivity contribution in [2.45, 2.75) is 44.9 Å². The summed E-state index contributed by atoms with van der Waals surface area (Å²) in [5, 5.41) is 9.78. The average Bonchev–Trinajstić information content (AvgIpc) is 2.30. The van der Waals surface area contributed by atoms with E-state index in [1.807, 2.05) is 0 Å². The van der Waals surface area contributed by atoms with E-state index in [2.05, 4.69) is 33.5 Å². The summed E-state index contributed by atoms with van der Waals surface area (Å²) in [6.45, 7) is 0. The minimum atomic E-state index is -0.679. The van der Waals surface area contributed by atoms with E-state index in [0.717, 1.165) is 25.7 Å². The van der Waals surface area contributed by atoms with Gasteiger partial charge in [-0.05, 0) is 30.1 Å². The fourth-order valence-electron chi connectivity index (χ4n) is 1.88. The second-order valence-corrected chi connectivity index (χ2v) is 4.98. The first kappa shape index (κ1) is 14.2. The summed E-state index contributed by atoms with van der Waals surface area (Å²) in [5.74, 6) is -0.679. The van der Waals surface area contributed by atoms with Crippen molar-refractivity contribution in [3.63, 3.8) is 0 Å². The van der Waals surface area contributed by atoms with Crippen molar-refractivity contribution >= 4 is 20.5 Å². The molecule has 0 aliphatic carbocycles. The SMILES string of the molecule is O=C(O)CCCCCCCc1ccccc1P. The fourth-order valence-corrected chi connectivity index (χ4v) is 2.24. The quantitative estimate of drug-likeness (QED) is 0.570. The van der Waals surface area contributed by atoms with E-state index < -0.39 is 5.97 Å². The normalized spacial score (nSPS) is 10.4. The lowest BCUT2D eigenvalue weighted by Gasteiger charge is -2.04. The van der Waals surface area contributed by atoms with Crippen LogP contribution in [0.15, 0.2) is 24.3 Å². The molecule has 0 aromatic heterocycles. The minimum Gasteiger partial charge on any atom is -0.481 e. The molecule has 0 heterocycles. The van der Waals surface area contributed by atoms with Gasteiger partial charge in [-0.25, -0.2) is 0 Å². The second kappa shape index (κ2) is 8.25. The summed E-state index contributed by atoms with van der Waals surface area (Å²) in [6, 6.07) is 8.42. The van der Waals surface area contributed by atoms with Gasteiger partial charge >= 0.3 is 5.97 Å². The van der Waals surface area contributed by atoms with Crippen LogP contribution in [0.5, 0.6) is 0 Å². The predicted molar refractivity (Wildman–Crippen MR) is 74.8 cm³/mol. The summed E-state index contributed by atoms with van der Waals surface area (Å²) in [7, 11) is 2.77. The van der Waals surface area contributed by atoms with Crippen molar-refractivity contribution in [2.75, 3.05) is 0 Å². The van der Waals surface area contributed by atoms with Gasteiger partial charge in [0.15, 0.2) is 0 Å². The molecule has 1 atom stereocenters. The number of hydrogen-bond acceptors (Lipinski definition) is 1. The molecule has 0 amide bonds. The molecule has 1 aromatic rings. The Hall–Kier alpha value is -0.880. The van der Waals surface area contributed by atoms with Crippen molar-refractivity contribution in [3.8, 4) is 0 Å². The molecule has 1 aromatic carbocycles. The van der Waals surface area contributed by atoms with E-state index in [0.29, 0.717) is 6.42 Å². The van der Waals surface area contributed by atoms with Crippen molar-refractivity contribution in [2.24, 2.45) is 0 Å². The van der Waals surface area contributed by atoms with Crippen molar-refractivity contribution in [3.05, 3.63) is 29.8 Å². The van der Waals surface area contributed by atoms with E-state index in [1.165, 1.54) is 23.7 Å². The highest BCUT2D eigenvalue weighted by molar-refractivity contribution is 7.27. The first-order valence-electron chi connectivity index (χ1n) is 6.25. The number of unbranched alkanes of at least 4 members (excludes halogenated alkanes) is 4. The van der Waals surface area contributed by atoms with Gasteiger partial charge in [0, 0.05) is 6.42 Å². The van der Waals surface area contributed by atoms with Crippen molar-refractivity contribution in [1.29, 1.82) is 0 Å². The molecule has 0 bridgehead atoms. The Balaban J connectivity index is 2.05. The van der Waals surface area contributed by atoms with Gasteiger partial charge in [0.2, 0.25) is 0 Å². The first-order chi connectivity index (χ1) is 8.20. The van der Waals surface area contributed by atoms with Gasteiger partial charge in [0.25, 0.3) is 0 Å². The molecular weight excluding hydrogens is 231 g/mol. The third-order valence-electron chi connectivity index (χ3n) is 2.89. The van der Waals surface area contributed by atoms with Crippen molar-refractivity contribution < 1.29 is 9.90 Å². The molecule has 1 rings (SSSR count). The molecule has 1 N–H and O–H groups in total. The summed E-state index contributed by atoms with van der Waals surface area (Å²) < 4.78 is 0. The zero-order chi connectivity index (χ0) is 12.5. The topological polar surface area (TPSA) is 37.3 Å². The van der Waals surface area contributed by atoms with Gasteiger partial charge in [0.1, 0.15) is 0 Å². The van der Waals surface area contributed by atoms with Crippen LogP contribution in [0.1, 0.15) is 44.1 Å². The highest BCUT2D eigenvalue weighted by atomic mass is 31.0. The molecule has 0 aliphatic rings. The van der Waals surface area contributed by atoms with Crippen LogP contribution in [0.4, 0.5) is 0 Å². The van der Waals surface area contributed by atoms with Gasteiger partial charge in [-0.1, -0.05) is 43.5 Å². The molecule has 0 aliphatic heterocycles. The summed E-state index contributed by atoms with van der Waals surface area (Å²) in [5.41, 5.74) is 1.41. The van der Waals surface area contributed by atoms with Crippen LogP contribution in [0.2, 0.25) is 0 Å². The molecule has 0 saturated carbocycles. The van der Waals surface area contributed by atoms with Crippen LogP contribution < -0.4 is 5.30 Å². The molecule has 0 fully saturated rings. The molecule has 0 radical (unpaired) electrons. The maximum atomic E-state index is 10.3. The van der Waals surface area contributed by atoms with E-state index in [1.54, 1.807) is 0 Å². The van der Waals surface area contributed by atoms with Crippen LogP contribution in [0.3, 0.4) is 0 Å². The van der Waals surface area contributed by atoms with Crippen LogP contribution in [-0.4, -0.2) is 11.1 Å². The van der Waals surface area contributed by atoms with E-state index >= 15 is 0 Å². The lowest BCUT2D eigenvalue weighted by Crippen LogP contribution is -2.00. The van der Waals surface area contributed by atoms with Gasteiger partial charge in [-0.15, -0.1) is 9.24 Å². The molecule has 1 unspecified atom stereocenters. The second-order valence-electron chi connectivity index (χ2n) is 4.36. The standard InChI is InChI=1S/C14H21O2P/c15-14(16)11-5-3-1-2-4-8-12-9-6-7-10-13(12)17/h6-7,9-10H,1-5,8,11,17H2,(H,15,16). The Kier molecular flexibility index (Phi) is 6.88. The molecule has 2 nitrogen and oxygen atoms in total. The highest BCUT2D eigenvalue weighted by Gasteiger charge is 1.98. The lowest BCUT2D eigenvalue weighted by atomic mass is 10.0. The maximum Gasteiger partial charge on any atom is 0.303 e. The molecule has 0 saturated heterocycles. The number of benzene rings is 1. The summed E-state index contributed by atoms with van der Waals surface area (Å²) in [6.07, 6.45) is 6.82. The zero-order valence-electron chi connectivity index (χ0n) is 10.2. The van der Waals surface area contributed by atoms with Crippen LogP contribution >= 0.6 is 9.24 Å². The molecule has 94 valence electrons. The van der Waals surface area contributed by atoms with E-state index in [4.69, 9.17) is 5.11 Å². The zero-order valence-corrected chi connectivity index (χ0v) is 11.3. The number of rotatable bonds is 8. The number of hydrogen-bond donors (Lipinski definition) is 1. The predicted octanol–water partition coefficient (Wildman–Crippen LogP) is 3.15. The van der Waals surface area contributed by atoms with E-state index in [9.17, 15) is 4.79 Å². The number of carbonyl (C=O) groups is 1. The molecule has 3 heteroatoms. The highest BCUT2D eigenvalue weighted by Crippen LogP contribution is 2.10. The monoisotopic (exact) mass is 252 g/mol. The number of aliphatic carboxylic acids is 1. The largest absolute Gasteiger partial charge is 0.481 e. The number of carboxylic acids is 1. The van der Waals surface area contributed by atoms with Gasteiger partial charge < -0.3 is 5.11 Å². The number of carboxylic acid groups (broad SMARTS) is 1. The van der Waals surface area contributed by atoms with Gasteiger partial charge in [-0.2, -0.15) is 0 Å². The first-order valence-corrected chi connectivity index (χ1v) is 6.83. The summed E-state index contributed by atoms with van der Waals surface area (Å²) >= 11 is 0. The van der Waals surface area contributed by atoms with Crippen molar-refractivity contribution in [1.82, 2.24) is 0 Å². The Morgan fingerprint density at radius 2 is 1.71 bits per heavy atom.